The van der Waals surface area contributed by atoms with Crippen LogP contribution in [0.3, 0.4) is 0 Å². The zero-order chi connectivity index (χ0) is 11.4. The van der Waals surface area contributed by atoms with E-state index in [-0.39, 0.29) is 5.56 Å². The van der Waals surface area contributed by atoms with Gasteiger partial charge in [-0.05, 0) is 32.4 Å². The normalized spacial score (nSPS) is 21.9. The van der Waals surface area contributed by atoms with Crippen molar-refractivity contribution in [3.8, 4) is 0 Å². The van der Waals surface area contributed by atoms with E-state index in [0.29, 0.717) is 11.7 Å². The summed E-state index contributed by atoms with van der Waals surface area (Å²) in [4.78, 5) is 20.3. The highest BCUT2D eigenvalue weighted by Crippen LogP contribution is 2.14. The molecule has 0 spiro atoms. The summed E-state index contributed by atoms with van der Waals surface area (Å²) in [6.45, 7) is 3.10. The Bertz CT molecular complexity index is 390. The number of likely N-dealkylation sites (tertiary alicyclic amines) is 1. The molecular formula is C11H18N4O. The molecule has 2 N–H and O–H groups in total. The second-order valence-electron chi connectivity index (χ2n) is 4.42. The maximum absolute atomic E-state index is 11.4. The van der Waals surface area contributed by atoms with E-state index < -0.39 is 0 Å². The molecule has 1 atom stereocenters. The predicted octanol–water partition coefficient (Wildman–Crippen LogP) is 0.524. The van der Waals surface area contributed by atoms with Crippen molar-refractivity contribution in [2.75, 3.05) is 32.0 Å². The largest absolute Gasteiger partial charge is 0.365 e. The van der Waals surface area contributed by atoms with E-state index >= 15 is 0 Å². The Balaban J connectivity index is 1.87. The van der Waals surface area contributed by atoms with Crippen LogP contribution in [0.4, 0.5) is 5.82 Å². The van der Waals surface area contributed by atoms with Gasteiger partial charge >= 0.3 is 0 Å². The molecular weight excluding hydrogens is 204 g/mol. The zero-order valence-corrected chi connectivity index (χ0v) is 9.57. The van der Waals surface area contributed by atoms with E-state index in [1.807, 2.05) is 0 Å². The fraction of sp³-hybridized carbons (Fsp3) is 0.636. The molecule has 1 aromatic heterocycles. The summed E-state index contributed by atoms with van der Waals surface area (Å²) in [5, 5.41) is 3.12. The van der Waals surface area contributed by atoms with E-state index in [1.165, 1.54) is 19.4 Å². The fourth-order valence-electron chi connectivity index (χ4n) is 2.16. The van der Waals surface area contributed by atoms with Gasteiger partial charge in [0.05, 0.1) is 0 Å². The highest BCUT2D eigenvalue weighted by atomic mass is 16.1. The van der Waals surface area contributed by atoms with Gasteiger partial charge in [0.25, 0.3) is 5.56 Å². The van der Waals surface area contributed by atoms with Crippen LogP contribution in [0.1, 0.15) is 12.8 Å². The lowest BCUT2D eigenvalue weighted by Crippen LogP contribution is -2.35. The number of H-pyrrole nitrogens is 1. The number of hydrogen-bond acceptors (Lipinski definition) is 4. The van der Waals surface area contributed by atoms with Crippen molar-refractivity contribution in [1.82, 2.24) is 14.9 Å². The minimum Gasteiger partial charge on any atom is -0.365 e. The molecule has 2 heterocycles. The Morgan fingerprint density at radius 1 is 1.69 bits per heavy atom. The molecule has 88 valence electrons. The molecule has 1 saturated heterocycles. The molecule has 0 amide bonds. The van der Waals surface area contributed by atoms with Gasteiger partial charge in [-0.3, -0.25) is 4.79 Å². The number of hydrogen-bond donors (Lipinski definition) is 2. The number of nitrogens with zero attached hydrogens (tertiary/aromatic N) is 2. The van der Waals surface area contributed by atoms with Crippen molar-refractivity contribution in [1.29, 1.82) is 0 Å². The third-order valence-electron chi connectivity index (χ3n) is 2.99. The zero-order valence-electron chi connectivity index (χ0n) is 9.57. The molecule has 1 aromatic rings. The summed E-state index contributed by atoms with van der Waals surface area (Å²) < 4.78 is 0. The Hall–Kier alpha value is -1.36. The SMILES string of the molecule is CN1CCCC(CNc2ncc[nH]c2=O)C1. The molecule has 5 heteroatoms. The van der Waals surface area contributed by atoms with E-state index in [2.05, 4.69) is 27.2 Å². The number of rotatable bonds is 3. The third-order valence-corrected chi connectivity index (χ3v) is 2.99. The van der Waals surface area contributed by atoms with Crippen LogP contribution in [-0.4, -0.2) is 41.5 Å². The average Bonchev–Trinajstić information content (AvgIpc) is 2.28. The molecule has 0 aromatic carbocycles. The van der Waals surface area contributed by atoms with Crippen LogP contribution in [0, 0.1) is 5.92 Å². The summed E-state index contributed by atoms with van der Waals surface area (Å²) in [6, 6.07) is 0. The maximum atomic E-state index is 11.4. The minimum atomic E-state index is -0.147. The van der Waals surface area contributed by atoms with Gasteiger partial charge < -0.3 is 15.2 Å². The first kappa shape index (κ1) is 11.1. The molecule has 16 heavy (non-hydrogen) atoms. The molecule has 1 aliphatic rings. The topological polar surface area (TPSA) is 61.0 Å². The summed E-state index contributed by atoms with van der Waals surface area (Å²) in [7, 11) is 2.14. The number of anilines is 1. The lowest BCUT2D eigenvalue weighted by molar-refractivity contribution is 0.217. The first-order valence-electron chi connectivity index (χ1n) is 5.72. The van der Waals surface area contributed by atoms with Gasteiger partial charge in [-0.15, -0.1) is 0 Å². The van der Waals surface area contributed by atoms with Crippen LogP contribution in [0.2, 0.25) is 0 Å². The molecule has 0 bridgehead atoms. The van der Waals surface area contributed by atoms with Crippen LogP contribution in [0.5, 0.6) is 0 Å². The molecule has 0 aliphatic carbocycles. The highest BCUT2D eigenvalue weighted by molar-refractivity contribution is 5.29. The van der Waals surface area contributed by atoms with Gasteiger partial charge in [-0.25, -0.2) is 4.98 Å². The number of piperidine rings is 1. The Morgan fingerprint density at radius 2 is 2.56 bits per heavy atom. The lowest BCUT2D eigenvalue weighted by Gasteiger charge is -2.29. The Morgan fingerprint density at radius 3 is 3.31 bits per heavy atom. The smallest absolute Gasteiger partial charge is 0.290 e. The molecule has 2 rings (SSSR count). The lowest BCUT2D eigenvalue weighted by atomic mass is 9.98. The molecule has 0 saturated carbocycles. The first-order valence-corrected chi connectivity index (χ1v) is 5.72. The maximum Gasteiger partial charge on any atom is 0.290 e. The van der Waals surface area contributed by atoms with E-state index in [9.17, 15) is 4.79 Å². The number of nitrogens with one attached hydrogen (secondary N) is 2. The molecule has 5 nitrogen and oxygen atoms in total. The van der Waals surface area contributed by atoms with Crippen LogP contribution >= 0.6 is 0 Å². The van der Waals surface area contributed by atoms with Crippen LogP contribution in [0.25, 0.3) is 0 Å². The number of aromatic nitrogens is 2. The van der Waals surface area contributed by atoms with Crippen molar-refractivity contribution in [2.45, 2.75) is 12.8 Å². The van der Waals surface area contributed by atoms with E-state index in [4.69, 9.17) is 0 Å². The van der Waals surface area contributed by atoms with Crippen molar-refractivity contribution in [3.63, 3.8) is 0 Å². The number of aromatic amines is 1. The van der Waals surface area contributed by atoms with Crippen LogP contribution < -0.4 is 10.9 Å². The Labute approximate surface area is 94.9 Å². The average molecular weight is 222 g/mol. The molecule has 1 fully saturated rings. The van der Waals surface area contributed by atoms with E-state index in [0.717, 1.165) is 13.1 Å². The monoisotopic (exact) mass is 222 g/mol. The molecule has 0 radical (unpaired) electrons. The van der Waals surface area contributed by atoms with Crippen molar-refractivity contribution >= 4 is 5.82 Å². The second kappa shape index (κ2) is 5.12. The van der Waals surface area contributed by atoms with E-state index in [1.54, 1.807) is 12.4 Å². The highest BCUT2D eigenvalue weighted by Gasteiger charge is 2.17. The van der Waals surface area contributed by atoms with Crippen molar-refractivity contribution in [3.05, 3.63) is 22.7 Å². The van der Waals surface area contributed by atoms with Crippen LogP contribution in [-0.2, 0) is 0 Å². The van der Waals surface area contributed by atoms with Crippen LogP contribution in [0.15, 0.2) is 17.2 Å². The molecule has 1 aliphatic heterocycles. The minimum absolute atomic E-state index is 0.147. The third kappa shape index (κ3) is 2.82. The summed E-state index contributed by atoms with van der Waals surface area (Å²) >= 11 is 0. The summed E-state index contributed by atoms with van der Waals surface area (Å²) in [6.07, 6.45) is 5.60. The standard InChI is InChI=1S/C11H18N4O/c1-15-6-2-3-9(8-15)7-14-10-11(16)13-5-4-12-10/h4-5,9H,2-3,6-8H2,1H3,(H,12,14)(H,13,16). The van der Waals surface area contributed by atoms with Gasteiger partial charge in [0.2, 0.25) is 0 Å². The molecule has 1 unspecified atom stereocenters. The predicted molar refractivity (Wildman–Crippen MR) is 63.6 cm³/mol. The Kier molecular flexibility index (Phi) is 3.56. The van der Waals surface area contributed by atoms with Crippen molar-refractivity contribution < 1.29 is 0 Å². The van der Waals surface area contributed by atoms with Gasteiger partial charge in [0.1, 0.15) is 0 Å². The van der Waals surface area contributed by atoms with Gasteiger partial charge in [-0.1, -0.05) is 0 Å². The first-order chi connectivity index (χ1) is 7.75. The summed E-state index contributed by atoms with van der Waals surface area (Å²) in [5.41, 5.74) is -0.147. The quantitative estimate of drug-likeness (QED) is 0.783. The summed E-state index contributed by atoms with van der Waals surface area (Å²) in [5.74, 6) is 1.04. The van der Waals surface area contributed by atoms with Gasteiger partial charge in [-0.2, -0.15) is 0 Å². The van der Waals surface area contributed by atoms with Crippen molar-refractivity contribution in [2.24, 2.45) is 5.92 Å². The fourth-order valence-corrected chi connectivity index (χ4v) is 2.16. The second-order valence-corrected chi connectivity index (χ2v) is 4.42. The van der Waals surface area contributed by atoms with Gasteiger partial charge in [0, 0.05) is 25.5 Å². The van der Waals surface area contributed by atoms with Gasteiger partial charge in [0.15, 0.2) is 5.82 Å².